The van der Waals surface area contributed by atoms with Crippen LogP contribution < -0.4 is 5.73 Å². The SMILES string of the molecule is CC(C)C(C)N(C)S(=O)(=O)c1c[nH]c(CN)c1. The van der Waals surface area contributed by atoms with Gasteiger partial charge in [0, 0.05) is 31.5 Å². The Bertz CT molecular complexity index is 465. The van der Waals surface area contributed by atoms with Crippen molar-refractivity contribution in [1.29, 1.82) is 0 Å². The second-order valence-electron chi connectivity index (χ2n) is 4.57. The summed E-state index contributed by atoms with van der Waals surface area (Å²) >= 11 is 0. The van der Waals surface area contributed by atoms with Crippen LogP contribution in [0.2, 0.25) is 0 Å². The zero-order chi connectivity index (χ0) is 13.2. The summed E-state index contributed by atoms with van der Waals surface area (Å²) < 4.78 is 25.9. The quantitative estimate of drug-likeness (QED) is 0.832. The van der Waals surface area contributed by atoms with E-state index in [9.17, 15) is 8.42 Å². The first-order chi connectivity index (χ1) is 7.80. The van der Waals surface area contributed by atoms with Crippen molar-refractivity contribution in [3.8, 4) is 0 Å². The highest BCUT2D eigenvalue weighted by atomic mass is 32.2. The van der Waals surface area contributed by atoms with E-state index in [0.717, 1.165) is 0 Å². The molecule has 0 aliphatic carbocycles. The van der Waals surface area contributed by atoms with Gasteiger partial charge in [-0.05, 0) is 18.9 Å². The van der Waals surface area contributed by atoms with Crippen molar-refractivity contribution < 1.29 is 8.42 Å². The van der Waals surface area contributed by atoms with E-state index in [1.807, 2.05) is 20.8 Å². The molecule has 0 bridgehead atoms. The molecule has 1 heterocycles. The van der Waals surface area contributed by atoms with Crippen molar-refractivity contribution in [3.63, 3.8) is 0 Å². The standard InChI is InChI=1S/C11H21N3O2S/c1-8(2)9(3)14(4)17(15,16)11-5-10(6-12)13-7-11/h5,7-9,13H,6,12H2,1-4H3. The van der Waals surface area contributed by atoms with E-state index >= 15 is 0 Å². The normalized spacial score (nSPS) is 14.5. The van der Waals surface area contributed by atoms with Gasteiger partial charge in [-0.1, -0.05) is 13.8 Å². The van der Waals surface area contributed by atoms with E-state index in [1.54, 1.807) is 13.1 Å². The fourth-order valence-electron chi connectivity index (χ4n) is 1.49. The number of nitrogens with zero attached hydrogens (tertiary/aromatic N) is 1. The molecule has 0 amide bonds. The third-order valence-electron chi connectivity index (χ3n) is 3.15. The smallest absolute Gasteiger partial charge is 0.244 e. The van der Waals surface area contributed by atoms with Gasteiger partial charge in [-0.15, -0.1) is 0 Å². The van der Waals surface area contributed by atoms with Crippen molar-refractivity contribution in [3.05, 3.63) is 18.0 Å². The maximum Gasteiger partial charge on any atom is 0.244 e. The van der Waals surface area contributed by atoms with Gasteiger partial charge < -0.3 is 10.7 Å². The van der Waals surface area contributed by atoms with Crippen LogP contribution in [-0.2, 0) is 16.6 Å². The van der Waals surface area contributed by atoms with Gasteiger partial charge in [0.1, 0.15) is 0 Å². The highest BCUT2D eigenvalue weighted by Gasteiger charge is 2.27. The minimum absolute atomic E-state index is 0.0452. The second-order valence-corrected chi connectivity index (χ2v) is 6.57. The summed E-state index contributed by atoms with van der Waals surface area (Å²) in [7, 11) is -1.82. The Kier molecular flexibility index (Phi) is 4.35. The maximum atomic E-state index is 12.3. The number of rotatable bonds is 5. The van der Waals surface area contributed by atoms with Gasteiger partial charge in [0.2, 0.25) is 10.0 Å². The molecule has 1 aromatic heterocycles. The Morgan fingerprint density at radius 1 is 1.41 bits per heavy atom. The number of aromatic amines is 1. The first-order valence-corrected chi connectivity index (χ1v) is 7.10. The second kappa shape index (κ2) is 5.20. The zero-order valence-corrected chi connectivity index (χ0v) is 11.6. The monoisotopic (exact) mass is 259 g/mol. The minimum Gasteiger partial charge on any atom is -0.363 e. The molecular formula is C11H21N3O2S. The van der Waals surface area contributed by atoms with Crippen LogP contribution in [0.5, 0.6) is 0 Å². The molecule has 1 unspecified atom stereocenters. The lowest BCUT2D eigenvalue weighted by atomic mass is 10.1. The number of sulfonamides is 1. The molecule has 17 heavy (non-hydrogen) atoms. The number of nitrogens with one attached hydrogen (secondary N) is 1. The predicted molar refractivity (Wildman–Crippen MR) is 67.9 cm³/mol. The van der Waals surface area contributed by atoms with Crippen LogP contribution in [0.15, 0.2) is 17.2 Å². The zero-order valence-electron chi connectivity index (χ0n) is 10.8. The molecule has 0 aromatic carbocycles. The summed E-state index contributed by atoms with van der Waals surface area (Å²) in [6.07, 6.45) is 1.49. The fraction of sp³-hybridized carbons (Fsp3) is 0.636. The summed E-state index contributed by atoms with van der Waals surface area (Å²) in [5.74, 6) is 0.266. The molecule has 3 N–H and O–H groups in total. The molecule has 5 nitrogen and oxygen atoms in total. The lowest BCUT2D eigenvalue weighted by Crippen LogP contribution is -2.38. The number of H-pyrrole nitrogens is 1. The molecule has 0 saturated carbocycles. The highest BCUT2D eigenvalue weighted by molar-refractivity contribution is 7.89. The number of nitrogens with two attached hydrogens (primary N) is 1. The van der Waals surface area contributed by atoms with E-state index in [-0.39, 0.29) is 16.9 Å². The predicted octanol–water partition coefficient (Wildman–Crippen LogP) is 1.14. The first-order valence-electron chi connectivity index (χ1n) is 5.66. The van der Waals surface area contributed by atoms with Crippen LogP contribution in [0, 0.1) is 5.92 Å². The number of hydrogen-bond acceptors (Lipinski definition) is 3. The van der Waals surface area contributed by atoms with Crippen LogP contribution in [0.1, 0.15) is 26.5 Å². The molecule has 0 saturated heterocycles. The first kappa shape index (κ1) is 14.2. The molecular weight excluding hydrogens is 238 g/mol. The Labute approximate surface area is 103 Å². The van der Waals surface area contributed by atoms with Crippen LogP contribution in [-0.4, -0.2) is 30.8 Å². The van der Waals surface area contributed by atoms with E-state index in [2.05, 4.69) is 4.98 Å². The molecule has 1 rings (SSSR count). The highest BCUT2D eigenvalue weighted by Crippen LogP contribution is 2.20. The van der Waals surface area contributed by atoms with Crippen molar-refractivity contribution in [1.82, 2.24) is 9.29 Å². The Morgan fingerprint density at radius 2 is 2.00 bits per heavy atom. The molecule has 0 radical (unpaired) electrons. The van der Waals surface area contributed by atoms with Gasteiger partial charge in [0.25, 0.3) is 0 Å². The average molecular weight is 259 g/mol. The molecule has 0 spiro atoms. The molecule has 6 heteroatoms. The summed E-state index contributed by atoms with van der Waals surface area (Å²) in [5.41, 5.74) is 6.17. The van der Waals surface area contributed by atoms with Gasteiger partial charge in [-0.3, -0.25) is 0 Å². The van der Waals surface area contributed by atoms with E-state index in [4.69, 9.17) is 5.73 Å². The molecule has 0 aliphatic rings. The van der Waals surface area contributed by atoms with Gasteiger partial charge in [0.05, 0.1) is 4.90 Å². The number of aromatic nitrogens is 1. The summed E-state index contributed by atoms with van der Waals surface area (Å²) in [5, 5.41) is 0. The van der Waals surface area contributed by atoms with Crippen LogP contribution >= 0.6 is 0 Å². The lowest BCUT2D eigenvalue weighted by molar-refractivity contribution is 0.316. The van der Waals surface area contributed by atoms with Gasteiger partial charge >= 0.3 is 0 Å². The van der Waals surface area contributed by atoms with E-state index in [0.29, 0.717) is 12.2 Å². The van der Waals surface area contributed by atoms with Gasteiger partial charge in [0.15, 0.2) is 0 Å². The third kappa shape index (κ3) is 2.88. The van der Waals surface area contributed by atoms with Gasteiger partial charge in [-0.25, -0.2) is 8.42 Å². The molecule has 0 aliphatic heterocycles. The van der Waals surface area contributed by atoms with Crippen molar-refractivity contribution in [2.45, 2.75) is 38.3 Å². The topological polar surface area (TPSA) is 79.2 Å². The van der Waals surface area contributed by atoms with Crippen LogP contribution in [0.3, 0.4) is 0 Å². The van der Waals surface area contributed by atoms with E-state index < -0.39 is 10.0 Å². The third-order valence-corrected chi connectivity index (χ3v) is 5.07. The van der Waals surface area contributed by atoms with Crippen LogP contribution in [0.4, 0.5) is 0 Å². The molecule has 1 aromatic rings. The minimum atomic E-state index is -3.43. The Balaban J connectivity index is 3.02. The lowest BCUT2D eigenvalue weighted by Gasteiger charge is -2.26. The Morgan fingerprint density at radius 3 is 2.41 bits per heavy atom. The van der Waals surface area contributed by atoms with Crippen molar-refractivity contribution in [2.24, 2.45) is 11.7 Å². The molecule has 98 valence electrons. The van der Waals surface area contributed by atoms with E-state index in [1.165, 1.54) is 10.5 Å². The van der Waals surface area contributed by atoms with Crippen molar-refractivity contribution in [2.75, 3.05) is 7.05 Å². The summed E-state index contributed by atoms with van der Waals surface area (Å²) in [6.45, 7) is 6.20. The number of hydrogen-bond donors (Lipinski definition) is 2. The largest absolute Gasteiger partial charge is 0.363 e. The maximum absolute atomic E-state index is 12.3. The van der Waals surface area contributed by atoms with Gasteiger partial charge in [-0.2, -0.15) is 4.31 Å². The van der Waals surface area contributed by atoms with Crippen molar-refractivity contribution >= 4 is 10.0 Å². The fourth-order valence-corrected chi connectivity index (χ4v) is 3.00. The summed E-state index contributed by atoms with van der Waals surface area (Å²) in [6, 6.07) is 1.54. The average Bonchev–Trinajstić information content (AvgIpc) is 2.75. The van der Waals surface area contributed by atoms with Crippen LogP contribution in [0.25, 0.3) is 0 Å². The Hall–Kier alpha value is -0.850. The molecule has 0 fully saturated rings. The molecule has 1 atom stereocenters. The summed E-state index contributed by atoms with van der Waals surface area (Å²) in [4.78, 5) is 3.12.